The molecular formula is C16H15N3O. The van der Waals surface area contributed by atoms with Gasteiger partial charge in [-0.05, 0) is 25.1 Å². The first-order chi connectivity index (χ1) is 9.72. The van der Waals surface area contributed by atoms with Gasteiger partial charge in [0.05, 0.1) is 5.69 Å². The molecule has 0 saturated heterocycles. The zero-order valence-corrected chi connectivity index (χ0v) is 11.1. The topological polar surface area (TPSA) is 56.9 Å². The van der Waals surface area contributed by atoms with Crippen molar-refractivity contribution in [3.8, 4) is 0 Å². The molecule has 0 saturated carbocycles. The summed E-state index contributed by atoms with van der Waals surface area (Å²) in [6.07, 6.45) is 1.79. The maximum Gasteiger partial charge on any atom is 0.323 e. The van der Waals surface area contributed by atoms with Gasteiger partial charge in [-0.1, -0.05) is 35.9 Å². The molecule has 3 aromatic rings. The maximum atomic E-state index is 12.0. The van der Waals surface area contributed by atoms with Gasteiger partial charge in [0.2, 0.25) is 0 Å². The Morgan fingerprint density at radius 1 is 1.00 bits per heavy atom. The van der Waals surface area contributed by atoms with E-state index in [9.17, 15) is 4.79 Å². The molecule has 0 aliphatic carbocycles. The summed E-state index contributed by atoms with van der Waals surface area (Å²) in [5.41, 5.74) is 3.70. The van der Waals surface area contributed by atoms with Gasteiger partial charge in [-0.25, -0.2) is 4.79 Å². The van der Waals surface area contributed by atoms with Crippen molar-refractivity contribution in [2.75, 3.05) is 10.6 Å². The van der Waals surface area contributed by atoms with Gasteiger partial charge >= 0.3 is 6.03 Å². The molecule has 0 fully saturated rings. The number of carbonyl (C=O) groups excluding carboxylic acids is 1. The molecule has 0 radical (unpaired) electrons. The van der Waals surface area contributed by atoms with Crippen molar-refractivity contribution in [3.05, 3.63) is 60.3 Å². The fourth-order valence-corrected chi connectivity index (χ4v) is 2.10. The van der Waals surface area contributed by atoms with Crippen molar-refractivity contribution in [1.29, 1.82) is 0 Å². The Kier molecular flexibility index (Phi) is 3.13. The van der Waals surface area contributed by atoms with Crippen molar-refractivity contribution in [2.24, 2.45) is 0 Å². The molecule has 4 heteroatoms. The van der Waals surface area contributed by atoms with Crippen LogP contribution in [-0.4, -0.2) is 11.0 Å². The predicted molar refractivity (Wildman–Crippen MR) is 82.1 cm³/mol. The van der Waals surface area contributed by atoms with Crippen molar-refractivity contribution >= 4 is 28.3 Å². The molecule has 1 aromatic heterocycles. The summed E-state index contributed by atoms with van der Waals surface area (Å²) in [6.45, 7) is 2.01. The van der Waals surface area contributed by atoms with Gasteiger partial charge in [0.25, 0.3) is 0 Å². The Balaban J connectivity index is 1.74. The third-order valence-corrected chi connectivity index (χ3v) is 3.15. The predicted octanol–water partition coefficient (Wildman–Crippen LogP) is 4.12. The van der Waals surface area contributed by atoms with Gasteiger partial charge in [-0.2, -0.15) is 0 Å². The highest BCUT2D eigenvalue weighted by Gasteiger charge is 2.07. The highest BCUT2D eigenvalue weighted by atomic mass is 16.2. The zero-order chi connectivity index (χ0) is 13.9. The number of para-hydroxylation sites is 1. The second kappa shape index (κ2) is 5.09. The number of aromatic nitrogens is 1. The van der Waals surface area contributed by atoms with Crippen molar-refractivity contribution in [2.45, 2.75) is 6.92 Å². The lowest BCUT2D eigenvalue weighted by molar-refractivity contribution is 0.262. The minimum atomic E-state index is -0.251. The molecule has 2 aromatic carbocycles. The summed E-state index contributed by atoms with van der Waals surface area (Å²) in [4.78, 5) is 15.1. The number of hydrogen-bond acceptors (Lipinski definition) is 1. The van der Waals surface area contributed by atoms with Gasteiger partial charge < -0.3 is 15.6 Å². The lowest BCUT2D eigenvalue weighted by Gasteiger charge is -2.07. The van der Waals surface area contributed by atoms with Crippen LogP contribution >= 0.6 is 0 Å². The highest BCUT2D eigenvalue weighted by Crippen LogP contribution is 2.22. The minimum Gasteiger partial charge on any atom is -0.359 e. The minimum absolute atomic E-state index is 0.251. The van der Waals surface area contributed by atoms with Gasteiger partial charge in [0, 0.05) is 22.8 Å². The number of fused-ring (bicyclic) bond motifs is 1. The normalized spacial score (nSPS) is 10.4. The molecule has 0 aliphatic rings. The number of benzene rings is 2. The number of urea groups is 1. The summed E-state index contributed by atoms with van der Waals surface area (Å²) in [5, 5.41) is 6.65. The molecule has 3 N–H and O–H groups in total. The number of carbonyl (C=O) groups is 1. The van der Waals surface area contributed by atoms with Crippen molar-refractivity contribution in [3.63, 3.8) is 0 Å². The summed E-state index contributed by atoms with van der Waals surface area (Å²) in [5.74, 6) is 0. The molecule has 0 spiro atoms. The zero-order valence-electron chi connectivity index (χ0n) is 11.1. The molecule has 1 heterocycles. The van der Waals surface area contributed by atoms with E-state index in [-0.39, 0.29) is 6.03 Å². The average molecular weight is 265 g/mol. The van der Waals surface area contributed by atoms with Crippen LogP contribution in [0, 0.1) is 6.92 Å². The smallest absolute Gasteiger partial charge is 0.323 e. The number of aromatic amines is 1. The van der Waals surface area contributed by atoms with E-state index in [4.69, 9.17) is 0 Å². The molecule has 0 bridgehead atoms. The SMILES string of the molecule is Cc1ccc(NC(=O)Nc2c[nH]c3ccccc23)cc1. The lowest BCUT2D eigenvalue weighted by atomic mass is 10.2. The van der Waals surface area contributed by atoms with Gasteiger partial charge in [-0.3, -0.25) is 0 Å². The van der Waals surface area contributed by atoms with Crippen LogP contribution in [0.2, 0.25) is 0 Å². The van der Waals surface area contributed by atoms with Gasteiger partial charge in [-0.15, -0.1) is 0 Å². The lowest BCUT2D eigenvalue weighted by Crippen LogP contribution is -2.19. The molecular weight excluding hydrogens is 250 g/mol. The molecule has 0 aliphatic heterocycles. The van der Waals surface area contributed by atoms with Crippen molar-refractivity contribution in [1.82, 2.24) is 4.98 Å². The summed E-state index contributed by atoms with van der Waals surface area (Å²) in [6, 6.07) is 15.3. The first-order valence-corrected chi connectivity index (χ1v) is 6.43. The number of nitrogens with one attached hydrogen (secondary N) is 3. The van der Waals surface area contributed by atoms with Crippen LogP contribution in [0.5, 0.6) is 0 Å². The Labute approximate surface area is 116 Å². The van der Waals surface area contributed by atoms with E-state index in [0.717, 1.165) is 27.8 Å². The van der Waals surface area contributed by atoms with Gasteiger partial charge in [0.1, 0.15) is 0 Å². The largest absolute Gasteiger partial charge is 0.359 e. The quantitative estimate of drug-likeness (QED) is 0.641. The van der Waals surface area contributed by atoms with Crippen LogP contribution in [0.1, 0.15) is 5.56 Å². The van der Waals surface area contributed by atoms with E-state index >= 15 is 0 Å². The van der Waals surface area contributed by atoms with Crippen LogP contribution in [0.25, 0.3) is 10.9 Å². The third kappa shape index (κ3) is 2.49. The van der Waals surface area contributed by atoms with E-state index in [1.807, 2.05) is 55.5 Å². The Bertz CT molecular complexity index is 744. The standard InChI is InChI=1S/C16H15N3O/c1-11-6-8-12(9-7-11)18-16(20)19-15-10-17-14-5-3-2-4-13(14)15/h2-10,17H,1H3,(H2,18,19,20). The third-order valence-electron chi connectivity index (χ3n) is 3.15. The Morgan fingerprint density at radius 3 is 2.55 bits per heavy atom. The van der Waals surface area contributed by atoms with Crippen LogP contribution in [0.4, 0.5) is 16.2 Å². The molecule has 3 rings (SSSR count). The number of rotatable bonds is 2. The van der Waals surface area contributed by atoms with Crippen LogP contribution in [0.15, 0.2) is 54.7 Å². The maximum absolute atomic E-state index is 12.0. The fourth-order valence-electron chi connectivity index (χ4n) is 2.10. The van der Waals surface area contributed by atoms with E-state index in [1.54, 1.807) is 6.20 Å². The second-order valence-corrected chi connectivity index (χ2v) is 4.69. The molecule has 2 amide bonds. The number of amides is 2. The second-order valence-electron chi connectivity index (χ2n) is 4.69. The Hall–Kier alpha value is -2.75. The van der Waals surface area contributed by atoms with E-state index < -0.39 is 0 Å². The van der Waals surface area contributed by atoms with E-state index in [1.165, 1.54) is 0 Å². The van der Waals surface area contributed by atoms with Crippen LogP contribution in [-0.2, 0) is 0 Å². The highest BCUT2D eigenvalue weighted by molar-refractivity contribution is 6.05. The average Bonchev–Trinajstić information content (AvgIpc) is 2.85. The number of hydrogen-bond donors (Lipinski definition) is 3. The molecule has 20 heavy (non-hydrogen) atoms. The number of anilines is 2. The number of aryl methyl sites for hydroxylation is 1. The summed E-state index contributed by atoms with van der Waals surface area (Å²) >= 11 is 0. The molecule has 100 valence electrons. The fraction of sp³-hybridized carbons (Fsp3) is 0.0625. The van der Waals surface area contributed by atoms with Crippen LogP contribution in [0.3, 0.4) is 0 Å². The van der Waals surface area contributed by atoms with Gasteiger partial charge in [0.15, 0.2) is 0 Å². The van der Waals surface area contributed by atoms with E-state index in [0.29, 0.717) is 0 Å². The van der Waals surface area contributed by atoms with Crippen molar-refractivity contribution < 1.29 is 4.79 Å². The number of H-pyrrole nitrogens is 1. The first-order valence-electron chi connectivity index (χ1n) is 6.43. The summed E-state index contributed by atoms with van der Waals surface area (Å²) < 4.78 is 0. The molecule has 4 nitrogen and oxygen atoms in total. The Morgan fingerprint density at radius 2 is 1.75 bits per heavy atom. The monoisotopic (exact) mass is 265 g/mol. The van der Waals surface area contributed by atoms with E-state index in [2.05, 4.69) is 15.6 Å². The molecule has 0 atom stereocenters. The first kappa shape index (κ1) is 12.3. The van der Waals surface area contributed by atoms with Crippen LogP contribution < -0.4 is 10.6 Å². The summed E-state index contributed by atoms with van der Waals surface area (Å²) in [7, 11) is 0. The molecule has 0 unspecified atom stereocenters.